The van der Waals surface area contributed by atoms with E-state index in [2.05, 4.69) is 20.6 Å². The van der Waals surface area contributed by atoms with Crippen LogP contribution in [0.15, 0.2) is 52.4 Å². The average Bonchev–Trinajstić information content (AvgIpc) is 2.74. The number of nitrogens with one attached hydrogen (secondary N) is 3. The van der Waals surface area contributed by atoms with Crippen molar-refractivity contribution in [3.05, 3.63) is 81.4 Å². The minimum Gasteiger partial charge on any atom is -0.323 e. The van der Waals surface area contributed by atoms with Gasteiger partial charge in [-0.3, -0.25) is 14.4 Å². The molecule has 0 unspecified atom stereocenters. The number of amides is 2. The van der Waals surface area contributed by atoms with Crippen molar-refractivity contribution in [1.29, 1.82) is 0 Å². The van der Waals surface area contributed by atoms with Gasteiger partial charge in [0.1, 0.15) is 23.3 Å². The number of hydrogen-bond donors (Lipinski definition) is 3. The van der Waals surface area contributed by atoms with Crippen LogP contribution in [0.2, 0.25) is 0 Å². The molecular formula is C21H15F3N4O3S. The molecule has 7 nitrogen and oxygen atoms in total. The Labute approximate surface area is 183 Å². The van der Waals surface area contributed by atoms with E-state index in [9.17, 15) is 27.6 Å². The summed E-state index contributed by atoms with van der Waals surface area (Å²) in [5.41, 5.74) is -0.492. The summed E-state index contributed by atoms with van der Waals surface area (Å²) in [7, 11) is 0. The lowest BCUT2D eigenvalue weighted by molar-refractivity contribution is -0.123. The maximum Gasteiger partial charge on any atom is 0.257 e. The van der Waals surface area contributed by atoms with Gasteiger partial charge in [-0.1, -0.05) is 23.9 Å². The van der Waals surface area contributed by atoms with Crippen LogP contribution in [0.4, 0.5) is 24.7 Å². The number of nitrogens with zero attached hydrogens (tertiary/aromatic N) is 1. The monoisotopic (exact) mass is 460 g/mol. The summed E-state index contributed by atoms with van der Waals surface area (Å²) in [6.07, 6.45) is -0.365. The predicted molar refractivity (Wildman–Crippen MR) is 112 cm³/mol. The molecule has 32 heavy (non-hydrogen) atoms. The molecule has 0 saturated carbocycles. The second-order valence-corrected chi connectivity index (χ2v) is 7.93. The van der Waals surface area contributed by atoms with Crippen LogP contribution in [0, 0.1) is 17.5 Å². The quantitative estimate of drug-likeness (QED) is 0.399. The van der Waals surface area contributed by atoms with E-state index < -0.39 is 46.4 Å². The van der Waals surface area contributed by atoms with Gasteiger partial charge in [-0.2, -0.15) is 0 Å². The summed E-state index contributed by atoms with van der Waals surface area (Å²) in [5.74, 6) is -4.47. The van der Waals surface area contributed by atoms with Gasteiger partial charge >= 0.3 is 0 Å². The Kier molecular flexibility index (Phi) is 5.99. The standard InChI is InChI=1S/C21H15F3N4O3S/c22-11-3-1-2-10(6-11)9-32-21-27-18-17(20(31)28-21)13(8-16(29)26-18)19(30)25-15-7-12(23)4-5-14(15)24/h1-7,13H,8-9H2,(H,25,30)(H2,26,27,28,29,31)/t13-/m0/s1. The third-order valence-corrected chi connectivity index (χ3v) is 5.64. The predicted octanol–water partition coefficient (Wildman–Crippen LogP) is 3.54. The highest BCUT2D eigenvalue weighted by atomic mass is 32.2. The van der Waals surface area contributed by atoms with Gasteiger partial charge in [0.05, 0.1) is 17.2 Å². The summed E-state index contributed by atoms with van der Waals surface area (Å²) in [6.45, 7) is 0. The van der Waals surface area contributed by atoms with Crippen LogP contribution < -0.4 is 16.2 Å². The first-order chi connectivity index (χ1) is 15.3. The fraction of sp³-hybridized carbons (Fsp3) is 0.143. The number of anilines is 2. The van der Waals surface area contributed by atoms with Crippen molar-refractivity contribution < 1.29 is 22.8 Å². The lowest BCUT2D eigenvalue weighted by atomic mass is 9.92. The van der Waals surface area contributed by atoms with E-state index in [4.69, 9.17) is 0 Å². The molecule has 3 aromatic rings. The van der Waals surface area contributed by atoms with Gasteiger partial charge < -0.3 is 15.6 Å². The first kappa shape index (κ1) is 21.6. The van der Waals surface area contributed by atoms with Crippen molar-refractivity contribution in [2.45, 2.75) is 23.2 Å². The molecule has 4 rings (SSSR count). The van der Waals surface area contributed by atoms with E-state index in [1.165, 1.54) is 12.1 Å². The molecule has 0 bridgehead atoms. The van der Waals surface area contributed by atoms with Crippen molar-refractivity contribution in [2.75, 3.05) is 10.6 Å². The van der Waals surface area contributed by atoms with Gasteiger partial charge in [0.25, 0.3) is 5.56 Å². The Morgan fingerprint density at radius 3 is 2.69 bits per heavy atom. The number of halogens is 3. The molecule has 164 valence electrons. The molecular weight excluding hydrogens is 445 g/mol. The van der Waals surface area contributed by atoms with Gasteiger partial charge in [-0.15, -0.1) is 0 Å². The molecule has 0 fully saturated rings. The van der Waals surface area contributed by atoms with Crippen molar-refractivity contribution in [1.82, 2.24) is 9.97 Å². The SMILES string of the molecule is O=C1C[C@H](C(=O)Nc2cc(F)ccc2F)c2c(nc(SCc3cccc(F)c3)[nH]c2=O)N1. The van der Waals surface area contributed by atoms with Gasteiger partial charge in [-0.25, -0.2) is 18.2 Å². The van der Waals surface area contributed by atoms with Gasteiger partial charge in [0.2, 0.25) is 11.8 Å². The lowest BCUT2D eigenvalue weighted by Gasteiger charge is -2.23. The highest BCUT2D eigenvalue weighted by molar-refractivity contribution is 7.98. The molecule has 0 radical (unpaired) electrons. The molecule has 1 aliphatic heterocycles. The third-order valence-electron chi connectivity index (χ3n) is 4.70. The van der Waals surface area contributed by atoms with E-state index in [1.54, 1.807) is 12.1 Å². The van der Waals surface area contributed by atoms with Crippen LogP contribution in [0.1, 0.15) is 23.5 Å². The normalized spacial score (nSPS) is 15.1. The zero-order valence-electron chi connectivity index (χ0n) is 16.2. The third kappa shape index (κ3) is 4.67. The molecule has 2 heterocycles. The Bertz CT molecular complexity index is 1280. The van der Waals surface area contributed by atoms with E-state index >= 15 is 0 Å². The minimum absolute atomic E-state index is 0.0889. The molecule has 2 aromatic carbocycles. The first-order valence-electron chi connectivity index (χ1n) is 9.37. The van der Waals surface area contributed by atoms with Crippen LogP contribution in [0.3, 0.4) is 0 Å². The van der Waals surface area contributed by atoms with E-state index in [0.717, 1.165) is 30.0 Å². The summed E-state index contributed by atoms with van der Waals surface area (Å²) in [6, 6.07) is 8.46. The molecule has 2 amide bonds. The maximum absolute atomic E-state index is 13.9. The second kappa shape index (κ2) is 8.87. The number of fused-ring (bicyclic) bond motifs is 1. The molecule has 1 atom stereocenters. The topological polar surface area (TPSA) is 104 Å². The lowest BCUT2D eigenvalue weighted by Crippen LogP contribution is -2.36. The van der Waals surface area contributed by atoms with Crippen molar-refractivity contribution in [3.8, 4) is 0 Å². The summed E-state index contributed by atoms with van der Waals surface area (Å²) in [4.78, 5) is 44.3. The Hall–Kier alpha value is -3.60. The average molecular weight is 460 g/mol. The first-order valence-corrected chi connectivity index (χ1v) is 10.4. The number of aromatic nitrogens is 2. The highest BCUT2D eigenvalue weighted by Gasteiger charge is 2.35. The molecule has 0 aliphatic carbocycles. The van der Waals surface area contributed by atoms with Crippen LogP contribution >= 0.6 is 11.8 Å². The van der Waals surface area contributed by atoms with E-state index in [-0.39, 0.29) is 23.0 Å². The van der Waals surface area contributed by atoms with E-state index in [1.807, 2.05) is 0 Å². The van der Waals surface area contributed by atoms with Crippen molar-refractivity contribution in [2.24, 2.45) is 0 Å². The summed E-state index contributed by atoms with van der Waals surface area (Å²) in [5, 5.41) is 4.84. The van der Waals surface area contributed by atoms with Crippen LogP contribution in [0.25, 0.3) is 0 Å². The van der Waals surface area contributed by atoms with Crippen LogP contribution in [-0.4, -0.2) is 21.8 Å². The minimum atomic E-state index is -1.25. The number of aromatic amines is 1. The number of hydrogen-bond acceptors (Lipinski definition) is 5. The molecule has 11 heteroatoms. The number of thioether (sulfide) groups is 1. The number of carbonyl (C=O) groups excluding carboxylic acids is 2. The zero-order valence-corrected chi connectivity index (χ0v) is 17.1. The maximum atomic E-state index is 13.9. The van der Waals surface area contributed by atoms with Crippen molar-refractivity contribution in [3.63, 3.8) is 0 Å². The molecule has 0 saturated heterocycles. The van der Waals surface area contributed by atoms with Crippen LogP contribution in [-0.2, 0) is 15.3 Å². The van der Waals surface area contributed by atoms with Crippen LogP contribution in [0.5, 0.6) is 0 Å². The van der Waals surface area contributed by atoms with Gasteiger partial charge in [0, 0.05) is 18.2 Å². The second-order valence-electron chi connectivity index (χ2n) is 6.97. The Morgan fingerprint density at radius 1 is 1.12 bits per heavy atom. The summed E-state index contributed by atoms with van der Waals surface area (Å²) >= 11 is 1.11. The molecule has 3 N–H and O–H groups in total. The number of carbonyl (C=O) groups is 2. The molecule has 1 aromatic heterocycles. The highest BCUT2D eigenvalue weighted by Crippen LogP contribution is 2.31. The van der Waals surface area contributed by atoms with E-state index in [0.29, 0.717) is 11.3 Å². The van der Waals surface area contributed by atoms with Gasteiger partial charge in [-0.05, 0) is 29.8 Å². The fourth-order valence-electron chi connectivity index (χ4n) is 3.23. The Balaban J connectivity index is 1.59. The smallest absolute Gasteiger partial charge is 0.257 e. The Morgan fingerprint density at radius 2 is 1.91 bits per heavy atom. The largest absolute Gasteiger partial charge is 0.323 e. The van der Waals surface area contributed by atoms with Gasteiger partial charge in [0.15, 0.2) is 5.16 Å². The zero-order chi connectivity index (χ0) is 22.8. The van der Waals surface area contributed by atoms with Crippen molar-refractivity contribution >= 4 is 35.1 Å². The number of H-pyrrole nitrogens is 1. The number of benzene rings is 2. The fourth-order valence-corrected chi connectivity index (χ4v) is 4.04. The molecule has 1 aliphatic rings. The summed E-state index contributed by atoms with van der Waals surface area (Å²) < 4.78 is 40.6. The number of rotatable bonds is 5. The molecule has 0 spiro atoms.